The summed E-state index contributed by atoms with van der Waals surface area (Å²) in [5.74, 6) is -0.462. The average Bonchev–Trinajstić information content (AvgIpc) is 2.98. The minimum atomic E-state index is -0.616. The van der Waals surface area contributed by atoms with Gasteiger partial charge >= 0.3 is 0 Å². The second-order valence-corrected chi connectivity index (χ2v) is 8.41. The molecule has 8 heteroatoms. The van der Waals surface area contributed by atoms with Crippen LogP contribution in [0.3, 0.4) is 0 Å². The SMILES string of the molecule is O=C1N([C@H]2CC[C@H](O)CC2)CC[C@@]12CCCN(c1ccc([N+](=O)[O-])cc1F)C2. The van der Waals surface area contributed by atoms with Gasteiger partial charge in [-0.2, -0.15) is 0 Å². The lowest BCUT2D eigenvalue weighted by Gasteiger charge is -2.41. The molecule has 1 amide bonds. The number of anilines is 1. The number of amides is 1. The molecule has 1 aromatic carbocycles. The maximum absolute atomic E-state index is 14.5. The minimum absolute atomic E-state index is 0.154. The molecule has 0 unspecified atom stereocenters. The van der Waals surface area contributed by atoms with Crippen molar-refractivity contribution in [3.8, 4) is 0 Å². The Balaban J connectivity index is 1.50. The molecule has 3 aliphatic rings. The fourth-order valence-electron chi connectivity index (χ4n) is 5.15. The van der Waals surface area contributed by atoms with E-state index in [1.54, 1.807) is 0 Å². The smallest absolute Gasteiger partial charge is 0.272 e. The first-order valence-corrected chi connectivity index (χ1v) is 10.1. The number of hydrogen-bond donors (Lipinski definition) is 1. The maximum atomic E-state index is 14.5. The number of halogens is 1. The third-order valence-corrected chi connectivity index (χ3v) is 6.71. The van der Waals surface area contributed by atoms with Crippen LogP contribution in [0.25, 0.3) is 0 Å². The summed E-state index contributed by atoms with van der Waals surface area (Å²) >= 11 is 0. The van der Waals surface area contributed by atoms with Crippen molar-refractivity contribution in [3.63, 3.8) is 0 Å². The third kappa shape index (κ3) is 3.34. The van der Waals surface area contributed by atoms with E-state index in [1.165, 1.54) is 12.1 Å². The Bertz CT molecular complexity index is 781. The summed E-state index contributed by atoms with van der Waals surface area (Å²) in [5.41, 5.74) is -0.435. The molecule has 1 atom stereocenters. The zero-order valence-corrected chi connectivity index (χ0v) is 15.8. The molecule has 1 aliphatic carbocycles. The zero-order valence-electron chi connectivity index (χ0n) is 15.8. The van der Waals surface area contributed by atoms with Crippen LogP contribution >= 0.6 is 0 Å². The van der Waals surface area contributed by atoms with Gasteiger partial charge in [0.1, 0.15) is 0 Å². The van der Waals surface area contributed by atoms with Crippen LogP contribution in [0.5, 0.6) is 0 Å². The normalized spacial score (nSPS) is 30.9. The Hall–Kier alpha value is -2.22. The summed E-state index contributed by atoms with van der Waals surface area (Å²) in [6, 6.07) is 3.91. The van der Waals surface area contributed by atoms with Gasteiger partial charge in [-0.15, -0.1) is 0 Å². The fourth-order valence-corrected chi connectivity index (χ4v) is 5.15. The molecule has 1 aromatic rings. The van der Waals surface area contributed by atoms with Gasteiger partial charge in [0.25, 0.3) is 5.69 Å². The number of rotatable bonds is 3. The second kappa shape index (κ2) is 7.31. The number of benzene rings is 1. The number of carbonyl (C=O) groups excluding carboxylic acids is 1. The van der Waals surface area contributed by atoms with Crippen molar-refractivity contribution >= 4 is 17.3 Å². The highest BCUT2D eigenvalue weighted by Crippen LogP contribution is 2.44. The van der Waals surface area contributed by atoms with Crippen molar-refractivity contribution in [2.75, 3.05) is 24.5 Å². The molecule has 28 heavy (non-hydrogen) atoms. The molecule has 7 nitrogen and oxygen atoms in total. The molecular weight excluding hydrogens is 365 g/mol. The molecule has 0 bridgehead atoms. The van der Waals surface area contributed by atoms with Gasteiger partial charge in [-0.3, -0.25) is 14.9 Å². The number of aliphatic hydroxyl groups excluding tert-OH is 1. The van der Waals surface area contributed by atoms with Gasteiger partial charge in [-0.05, 0) is 51.0 Å². The standard InChI is InChI=1S/C20H26FN3O4/c21-17-12-15(24(27)28)4-7-18(17)22-10-1-8-20(13-22)9-11-23(19(20)26)14-2-5-16(25)6-3-14/h4,7,12,14,16,25H,1-3,5-6,8-11,13H2/t14-,16-,20-/m1/s1. The fraction of sp³-hybridized carbons (Fsp3) is 0.650. The molecule has 1 spiro atoms. The van der Waals surface area contributed by atoms with Crippen LogP contribution < -0.4 is 4.90 Å². The first kappa shape index (κ1) is 19.1. The van der Waals surface area contributed by atoms with E-state index in [2.05, 4.69) is 0 Å². The number of nitro groups is 1. The van der Waals surface area contributed by atoms with Gasteiger partial charge in [0.2, 0.25) is 5.91 Å². The Kier molecular flexibility index (Phi) is 4.99. The van der Waals surface area contributed by atoms with Crippen molar-refractivity contribution < 1.29 is 19.2 Å². The van der Waals surface area contributed by atoms with E-state index < -0.39 is 16.2 Å². The highest BCUT2D eigenvalue weighted by Gasteiger charge is 2.50. The van der Waals surface area contributed by atoms with Gasteiger partial charge in [0.05, 0.1) is 28.2 Å². The number of hydrogen-bond acceptors (Lipinski definition) is 5. The van der Waals surface area contributed by atoms with E-state index >= 15 is 0 Å². The third-order valence-electron chi connectivity index (χ3n) is 6.71. The summed E-state index contributed by atoms with van der Waals surface area (Å²) in [6.45, 7) is 1.81. The largest absolute Gasteiger partial charge is 0.393 e. The van der Waals surface area contributed by atoms with E-state index in [9.17, 15) is 24.4 Å². The molecule has 3 fully saturated rings. The number of likely N-dealkylation sites (tertiary alicyclic amines) is 1. The highest BCUT2D eigenvalue weighted by molar-refractivity contribution is 5.86. The molecule has 2 aliphatic heterocycles. The van der Waals surface area contributed by atoms with Crippen molar-refractivity contribution in [2.45, 2.75) is 57.1 Å². The van der Waals surface area contributed by atoms with Crippen molar-refractivity contribution in [2.24, 2.45) is 5.41 Å². The quantitative estimate of drug-likeness (QED) is 0.632. The number of aliphatic hydroxyl groups is 1. The molecule has 2 heterocycles. The van der Waals surface area contributed by atoms with Gasteiger partial charge in [0.15, 0.2) is 5.82 Å². The molecule has 2 saturated heterocycles. The average molecular weight is 391 g/mol. The van der Waals surface area contributed by atoms with Crippen LogP contribution in [0.15, 0.2) is 18.2 Å². The number of carbonyl (C=O) groups is 1. The molecule has 4 rings (SSSR count). The number of piperidine rings is 1. The van der Waals surface area contributed by atoms with E-state index in [0.29, 0.717) is 18.8 Å². The van der Waals surface area contributed by atoms with Crippen LogP contribution in [0.1, 0.15) is 44.9 Å². The van der Waals surface area contributed by atoms with Gasteiger partial charge in [0, 0.05) is 31.7 Å². The molecule has 152 valence electrons. The second-order valence-electron chi connectivity index (χ2n) is 8.41. The number of nitrogens with zero attached hydrogens (tertiary/aromatic N) is 3. The highest BCUT2D eigenvalue weighted by atomic mass is 19.1. The molecule has 0 radical (unpaired) electrons. The van der Waals surface area contributed by atoms with Crippen LogP contribution in [0.2, 0.25) is 0 Å². The van der Waals surface area contributed by atoms with E-state index in [1.807, 2.05) is 9.80 Å². The minimum Gasteiger partial charge on any atom is -0.393 e. The van der Waals surface area contributed by atoms with Crippen molar-refractivity contribution in [1.82, 2.24) is 4.90 Å². The Morgan fingerprint density at radius 2 is 1.93 bits per heavy atom. The maximum Gasteiger partial charge on any atom is 0.272 e. The zero-order chi connectivity index (χ0) is 19.9. The summed E-state index contributed by atoms with van der Waals surface area (Å²) in [6.07, 6.45) is 5.24. The monoisotopic (exact) mass is 391 g/mol. The molecule has 1 saturated carbocycles. The van der Waals surface area contributed by atoms with Crippen LogP contribution in [-0.4, -0.2) is 52.6 Å². The lowest BCUT2D eigenvalue weighted by molar-refractivity contribution is -0.385. The van der Waals surface area contributed by atoms with Gasteiger partial charge in [-0.25, -0.2) is 4.39 Å². The Morgan fingerprint density at radius 1 is 1.18 bits per heavy atom. The first-order chi connectivity index (χ1) is 13.4. The van der Waals surface area contributed by atoms with Crippen LogP contribution in [0, 0.1) is 21.3 Å². The Labute approximate surface area is 163 Å². The van der Waals surface area contributed by atoms with Crippen molar-refractivity contribution in [3.05, 3.63) is 34.1 Å². The van der Waals surface area contributed by atoms with Gasteiger partial charge < -0.3 is 14.9 Å². The Morgan fingerprint density at radius 3 is 2.61 bits per heavy atom. The predicted molar refractivity (Wildman–Crippen MR) is 102 cm³/mol. The van der Waals surface area contributed by atoms with E-state index in [-0.39, 0.29) is 23.7 Å². The number of nitro benzene ring substituents is 1. The van der Waals surface area contributed by atoms with E-state index in [0.717, 1.165) is 57.6 Å². The molecular formula is C20H26FN3O4. The van der Waals surface area contributed by atoms with Crippen LogP contribution in [0.4, 0.5) is 15.8 Å². The lowest BCUT2D eigenvalue weighted by atomic mass is 9.78. The van der Waals surface area contributed by atoms with Gasteiger partial charge in [-0.1, -0.05) is 0 Å². The number of non-ortho nitro benzene ring substituents is 1. The predicted octanol–water partition coefficient (Wildman–Crippen LogP) is 2.86. The lowest BCUT2D eigenvalue weighted by Crippen LogP contribution is -2.50. The molecule has 0 aromatic heterocycles. The summed E-state index contributed by atoms with van der Waals surface area (Å²) in [5, 5.41) is 20.6. The van der Waals surface area contributed by atoms with Crippen molar-refractivity contribution in [1.29, 1.82) is 0 Å². The molecule has 1 N–H and O–H groups in total. The topological polar surface area (TPSA) is 86.9 Å². The summed E-state index contributed by atoms with van der Waals surface area (Å²) in [4.78, 5) is 27.4. The first-order valence-electron chi connectivity index (χ1n) is 10.1. The summed E-state index contributed by atoms with van der Waals surface area (Å²) in [7, 11) is 0. The van der Waals surface area contributed by atoms with E-state index in [4.69, 9.17) is 0 Å². The summed E-state index contributed by atoms with van der Waals surface area (Å²) < 4.78 is 14.5. The van der Waals surface area contributed by atoms with Crippen LogP contribution in [-0.2, 0) is 4.79 Å².